The number of halogens is 1. The quantitative estimate of drug-likeness (QED) is 0.734. The molecule has 0 bridgehead atoms. The van der Waals surface area contributed by atoms with Crippen LogP contribution in [0.3, 0.4) is 0 Å². The van der Waals surface area contributed by atoms with Gasteiger partial charge in [-0.1, -0.05) is 0 Å². The Morgan fingerprint density at radius 3 is 2.67 bits per heavy atom. The Labute approximate surface area is 89.7 Å². The molecule has 0 N–H and O–H groups in total. The molecule has 82 valence electrons. The van der Waals surface area contributed by atoms with Crippen LogP contribution in [0.25, 0.3) is 0 Å². The third-order valence-corrected chi connectivity index (χ3v) is 2.48. The van der Waals surface area contributed by atoms with E-state index in [0.29, 0.717) is 0 Å². The van der Waals surface area contributed by atoms with Crippen LogP contribution in [0.2, 0.25) is 0 Å². The lowest BCUT2D eigenvalue weighted by Gasteiger charge is -2.03. The number of benzene rings is 1. The molecule has 1 unspecified atom stereocenters. The second-order valence-electron chi connectivity index (χ2n) is 2.99. The van der Waals surface area contributed by atoms with E-state index in [4.69, 9.17) is 4.74 Å². The first-order chi connectivity index (χ1) is 7.04. The molecular formula is C10H11FO3S. The van der Waals surface area contributed by atoms with Crippen LogP contribution in [-0.2, 0) is 10.8 Å². The van der Waals surface area contributed by atoms with Crippen LogP contribution in [-0.4, -0.2) is 29.1 Å². The van der Waals surface area contributed by atoms with Crippen molar-refractivity contribution in [1.29, 1.82) is 0 Å². The van der Waals surface area contributed by atoms with E-state index in [1.807, 2.05) is 0 Å². The van der Waals surface area contributed by atoms with Crippen LogP contribution < -0.4 is 4.74 Å². The number of carbonyl (C=O) groups excluding carboxylic acids is 1. The Morgan fingerprint density at radius 2 is 2.20 bits per heavy atom. The van der Waals surface area contributed by atoms with Crippen LogP contribution in [0, 0.1) is 5.82 Å². The van der Waals surface area contributed by atoms with Gasteiger partial charge in [0.2, 0.25) is 0 Å². The summed E-state index contributed by atoms with van der Waals surface area (Å²) in [6.45, 7) is 0. The zero-order valence-corrected chi connectivity index (χ0v) is 9.27. The molecule has 0 aliphatic carbocycles. The van der Waals surface area contributed by atoms with Crippen molar-refractivity contribution in [1.82, 2.24) is 0 Å². The van der Waals surface area contributed by atoms with Crippen molar-refractivity contribution in [2.24, 2.45) is 0 Å². The maximum atomic E-state index is 13.2. The highest BCUT2D eigenvalue weighted by Gasteiger charge is 2.11. The number of rotatable bonds is 4. The summed E-state index contributed by atoms with van der Waals surface area (Å²) >= 11 is 0. The molecule has 0 spiro atoms. The van der Waals surface area contributed by atoms with E-state index in [2.05, 4.69) is 0 Å². The highest BCUT2D eigenvalue weighted by Crippen LogP contribution is 2.17. The Morgan fingerprint density at radius 1 is 1.53 bits per heavy atom. The third-order valence-electron chi connectivity index (χ3n) is 1.81. The molecule has 1 aromatic rings. The number of methoxy groups -OCH3 is 1. The standard InChI is InChI=1S/C10H11FO3S/c1-14-10-4-3-7(5-8(10)11)9(12)6-15(2)13/h3-5H,6H2,1-2H3. The minimum absolute atomic E-state index is 0.0872. The zero-order chi connectivity index (χ0) is 11.4. The van der Waals surface area contributed by atoms with Crippen molar-refractivity contribution in [2.45, 2.75) is 0 Å². The summed E-state index contributed by atoms with van der Waals surface area (Å²) in [6.07, 6.45) is 1.43. The molecule has 3 nitrogen and oxygen atoms in total. The summed E-state index contributed by atoms with van der Waals surface area (Å²) in [6, 6.07) is 3.92. The summed E-state index contributed by atoms with van der Waals surface area (Å²) in [4.78, 5) is 11.4. The molecule has 0 aromatic heterocycles. The predicted molar refractivity (Wildman–Crippen MR) is 56.2 cm³/mol. The Hall–Kier alpha value is -1.23. The molecule has 0 saturated carbocycles. The van der Waals surface area contributed by atoms with Crippen molar-refractivity contribution in [3.63, 3.8) is 0 Å². The number of hydrogen-bond donors (Lipinski definition) is 0. The maximum absolute atomic E-state index is 13.2. The first-order valence-corrected chi connectivity index (χ1v) is 5.94. The van der Waals surface area contributed by atoms with Crippen molar-refractivity contribution >= 4 is 16.6 Å². The molecule has 5 heteroatoms. The fraction of sp³-hybridized carbons (Fsp3) is 0.300. The Balaban J connectivity index is 2.92. The highest BCUT2D eigenvalue weighted by molar-refractivity contribution is 7.85. The van der Waals surface area contributed by atoms with Gasteiger partial charge in [-0.3, -0.25) is 9.00 Å². The van der Waals surface area contributed by atoms with Crippen molar-refractivity contribution in [3.05, 3.63) is 29.6 Å². The minimum atomic E-state index is -1.21. The Kier molecular flexibility index (Phi) is 3.96. The normalized spacial score (nSPS) is 12.2. The lowest BCUT2D eigenvalue weighted by molar-refractivity contribution is 0.102. The van der Waals surface area contributed by atoms with Crippen LogP contribution in [0.1, 0.15) is 10.4 Å². The van der Waals surface area contributed by atoms with E-state index in [0.717, 1.165) is 6.07 Å². The average Bonchev–Trinajstić information content (AvgIpc) is 2.16. The van der Waals surface area contributed by atoms with Gasteiger partial charge < -0.3 is 4.74 Å². The van der Waals surface area contributed by atoms with Gasteiger partial charge in [0, 0.05) is 22.6 Å². The molecule has 0 aliphatic rings. The average molecular weight is 230 g/mol. The summed E-state index contributed by atoms with van der Waals surface area (Å²) in [5.41, 5.74) is 0.212. The lowest BCUT2D eigenvalue weighted by Crippen LogP contribution is -2.10. The fourth-order valence-electron chi connectivity index (χ4n) is 1.11. The number of carbonyl (C=O) groups is 1. The highest BCUT2D eigenvalue weighted by atomic mass is 32.2. The van der Waals surface area contributed by atoms with Gasteiger partial charge in [-0.15, -0.1) is 0 Å². The van der Waals surface area contributed by atoms with Crippen molar-refractivity contribution in [3.8, 4) is 5.75 Å². The summed E-state index contributed by atoms with van der Waals surface area (Å²) in [5, 5.41) is 0. The monoisotopic (exact) mass is 230 g/mol. The minimum Gasteiger partial charge on any atom is -0.494 e. The van der Waals surface area contributed by atoms with Crippen molar-refractivity contribution < 1.29 is 18.1 Å². The maximum Gasteiger partial charge on any atom is 0.175 e. The van der Waals surface area contributed by atoms with E-state index in [1.54, 1.807) is 0 Å². The molecule has 0 fully saturated rings. The summed E-state index contributed by atoms with van der Waals surface area (Å²) < 4.78 is 28.7. The van der Waals surface area contributed by atoms with Gasteiger partial charge in [0.05, 0.1) is 12.9 Å². The first-order valence-electron chi connectivity index (χ1n) is 4.21. The molecule has 0 amide bonds. The third kappa shape index (κ3) is 3.13. The predicted octanol–water partition coefficient (Wildman–Crippen LogP) is 1.40. The van der Waals surface area contributed by atoms with Gasteiger partial charge in [0.1, 0.15) is 0 Å². The molecule has 15 heavy (non-hydrogen) atoms. The van der Waals surface area contributed by atoms with Gasteiger partial charge in [-0.05, 0) is 18.2 Å². The van der Waals surface area contributed by atoms with Gasteiger partial charge in [0.25, 0.3) is 0 Å². The number of ketones is 1. The van der Waals surface area contributed by atoms with Gasteiger partial charge in [-0.25, -0.2) is 4.39 Å². The van der Waals surface area contributed by atoms with Gasteiger partial charge in [-0.2, -0.15) is 0 Å². The van der Waals surface area contributed by atoms with Crippen molar-refractivity contribution in [2.75, 3.05) is 19.1 Å². The molecule has 1 atom stereocenters. The number of hydrogen-bond acceptors (Lipinski definition) is 3. The smallest absolute Gasteiger partial charge is 0.175 e. The largest absolute Gasteiger partial charge is 0.494 e. The second-order valence-corrected chi connectivity index (χ2v) is 4.43. The fourth-order valence-corrected chi connectivity index (χ4v) is 1.64. The van der Waals surface area contributed by atoms with Crippen LogP contribution in [0.15, 0.2) is 18.2 Å². The molecule has 0 heterocycles. The van der Waals surface area contributed by atoms with E-state index in [9.17, 15) is 13.4 Å². The summed E-state index contributed by atoms with van der Waals surface area (Å²) in [5.74, 6) is -0.932. The van der Waals surface area contributed by atoms with Crippen LogP contribution >= 0.6 is 0 Å². The molecule has 1 rings (SSSR count). The van der Waals surface area contributed by atoms with E-state index in [-0.39, 0.29) is 22.8 Å². The molecule has 1 aromatic carbocycles. The number of ether oxygens (including phenoxy) is 1. The number of Topliss-reactive ketones (excluding diaryl/α,β-unsaturated/α-hetero) is 1. The topological polar surface area (TPSA) is 43.4 Å². The molecular weight excluding hydrogens is 219 g/mol. The Bertz CT molecular complexity index is 404. The molecule has 0 radical (unpaired) electrons. The second kappa shape index (κ2) is 5.02. The first kappa shape index (κ1) is 11.8. The van der Waals surface area contributed by atoms with E-state index < -0.39 is 16.6 Å². The van der Waals surface area contributed by atoms with E-state index in [1.165, 1.54) is 25.5 Å². The van der Waals surface area contributed by atoms with Crippen LogP contribution in [0.4, 0.5) is 4.39 Å². The summed E-state index contributed by atoms with van der Waals surface area (Å²) in [7, 11) is 0.135. The van der Waals surface area contributed by atoms with Gasteiger partial charge in [0.15, 0.2) is 17.3 Å². The lowest BCUT2D eigenvalue weighted by atomic mass is 10.1. The zero-order valence-electron chi connectivity index (χ0n) is 8.45. The SMILES string of the molecule is COc1ccc(C(=O)CS(C)=O)cc1F. The van der Waals surface area contributed by atoms with Crippen LogP contribution in [0.5, 0.6) is 5.75 Å². The molecule has 0 aliphatic heterocycles. The van der Waals surface area contributed by atoms with E-state index >= 15 is 0 Å². The molecule has 0 saturated heterocycles. The van der Waals surface area contributed by atoms with Gasteiger partial charge >= 0.3 is 0 Å².